The monoisotopic (exact) mass is 514 g/mol. The van der Waals surface area contributed by atoms with Gasteiger partial charge in [0.1, 0.15) is 23.0 Å². The maximum absolute atomic E-state index is 6.12. The molecule has 2 N–H and O–H groups in total. The van der Waals surface area contributed by atoms with Crippen LogP contribution < -0.4 is 34.3 Å². The number of methoxy groups -OCH3 is 4. The van der Waals surface area contributed by atoms with Gasteiger partial charge in [0, 0.05) is 30.1 Å². The predicted molar refractivity (Wildman–Crippen MR) is 151 cm³/mol. The van der Waals surface area contributed by atoms with E-state index in [1.54, 1.807) is 28.4 Å². The molecule has 0 spiro atoms. The second kappa shape index (κ2) is 13.3. The first-order chi connectivity index (χ1) is 18.6. The van der Waals surface area contributed by atoms with E-state index < -0.39 is 0 Å². The molecule has 0 aromatic heterocycles. The lowest BCUT2D eigenvalue weighted by atomic mass is 10.1. The molecule has 0 bridgehead atoms. The molecule has 7 nitrogen and oxygen atoms in total. The highest BCUT2D eigenvalue weighted by Gasteiger charge is 2.14. The third-order valence-corrected chi connectivity index (χ3v) is 6.07. The van der Waals surface area contributed by atoms with E-state index in [2.05, 4.69) is 10.6 Å². The summed E-state index contributed by atoms with van der Waals surface area (Å²) in [6, 6.07) is 27.6. The molecule has 4 aromatic rings. The van der Waals surface area contributed by atoms with Crippen molar-refractivity contribution >= 4 is 11.4 Å². The molecule has 38 heavy (non-hydrogen) atoms. The van der Waals surface area contributed by atoms with Gasteiger partial charge in [0.25, 0.3) is 0 Å². The first kappa shape index (κ1) is 26.7. The Morgan fingerprint density at radius 1 is 0.579 bits per heavy atom. The van der Waals surface area contributed by atoms with Gasteiger partial charge in [-0.3, -0.25) is 0 Å². The van der Waals surface area contributed by atoms with Crippen LogP contribution in [0.2, 0.25) is 0 Å². The van der Waals surface area contributed by atoms with E-state index in [0.717, 1.165) is 47.0 Å². The Balaban J connectivity index is 1.38. The minimum Gasteiger partial charge on any atom is -0.496 e. The molecule has 0 aliphatic rings. The SMILES string of the molecule is COc1ccc(CCNCc2c(OC)cc(Oc3ccc(Nc4ccccc4)cc3)cc2OC)cc1OC. The van der Waals surface area contributed by atoms with Gasteiger partial charge in [-0.25, -0.2) is 0 Å². The molecule has 0 aliphatic heterocycles. The van der Waals surface area contributed by atoms with E-state index in [1.165, 1.54) is 0 Å². The maximum atomic E-state index is 6.12. The predicted octanol–water partition coefficient (Wildman–Crippen LogP) is 6.59. The molecule has 0 atom stereocenters. The Hall–Kier alpha value is -4.36. The number of ether oxygens (including phenoxy) is 5. The molecule has 7 heteroatoms. The summed E-state index contributed by atoms with van der Waals surface area (Å²) >= 11 is 0. The minimum absolute atomic E-state index is 0.583. The number of para-hydroxylation sites is 1. The Kier molecular flexibility index (Phi) is 9.32. The number of anilines is 2. The maximum Gasteiger partial charge on any atom is 0.160 e. The summed E-state index contributed by atoms with van der Waals surface area (Å²) in [5, 5.41) is 6.85. The van der Waals surface area contributed by atoms with Crippen LogP contribution >= 0.6 is 0 Å². The zero-order valence-electron chi connectivity index (χ0n) is 22.2. The fraction of sp³-hybridized carbons (Fsp3) is 0.226. The Morgan fingerprint density at radius 2 is 1.21 bits per heavy atom. The van der Waals surface area contributed by atoms with Crippen LogP contribution in [0.25, 0.3) is 0 Å². The molecule has 0 saturated carbocycles. The van der Waals surface area contributed by atoms with E-state index in [4.69, 9.17) is 23.7 Å². The molecule has 198 valence electrons. The Morgan fingerprint density at radius 3 is 1.84 bits per heavy atom. The first-order valence-corrected chi connectivity index (χ1v) is 12.4. The molecule has 0 aliphatic carbocycles. The van der Waals surface area contributed by atoms with Crippen LogP contribution in [0.3, 0.4) is 0 Å². The van der Waals surface area contributed by atoms with Crippen LogP contribution in [0.4, 0.5) is 11.4 Å². The van der Waals surface area contributed by atoms with Crippen molar-refractivity contribution in [1.82, 2.24) is 5.32 Å². The van der Waals surface area contributed by atoms with Gasteiger partial charge >= 0.3 is 0 Å². The van der Waals surface area contributed by atoms with Gasteiger partial charge in [-0.1, -0.05) is 24.3 Å². The average Bonchev–Trinajstić information content (AvgIpc) is 2.96. The molecule has 0 amide bonds. The smallest absolute Gasteiger partial charge is 0.160 e. The second-order valence-corrected chi connectivity index (χ2v) is 8.54. The van der Waals surface area contributed by atoms with Crippen LogP contribution in [-0.2, 0) is 13.0 Å². The summed E-state index contributed by atoms with van der Waals surface area (Å²) in [7, 11) is 6.58. The van der Waals surface area contributed by atoms with E-state index in [0.29, 0.717) is 29.5 Å². The van der Waals surface area contributed by atoms with Gasteiger partial charge in [0.2, 0.25) is 0 Å². The highest BCUT2D eigenvalue weighted by Crippen LogP contribution is 2.36. The normalized spacial score (nSPS) is 10.5. The second-order valence-electron chi connectivity index (χ2n) is 8.54. The summed E-state index contributed by atoms with van der Waals surface area (Å²) in [5.74, 6) is 4.19. The summed E-state index contributed by atoms with van der Waals surface area (Å²) in [4.78, 5) is 0. The largest absolute Gasteiger partial charge is 0.496 e. The molecule has 4 rings (SSSR count). The Labute approximate surface area is 224 Å². The molecule has 4 aromatic carbocycles. The molecule has 0 fully saturated rings. The zero-order chi connectivity index (χ0) is 26.7. The van der Waals surface area contributed by atoms with Crippen molar-refractivity contribution in [1.29, 1.82) is 0 Å². The Bertz CT molecular complexity index is 1280. The first-order valence-electron chi connectivity index (χ1n) is 12.4. The van der Waals surface area contributed by atoms with E-state index in [1.807, 2.05) is 84.9 Å². The highest BCUT2D eigenvalue weighted by atomic mass is 16.5. The van der Waals surface area contributed by atoms with E-state index >= 15 is 0 Å². The van der Waals surface area contributed by atoms with Gasteiger partial charge in [0.15, 0.2) is 11.5 Å². The van der Waals surface area contributed by atoms with Gasteiger partial charge in [0.05, 0.1) is 34.0 Å². The van der Waals surface area contributed by atoms with Crippen molar-refractivity contribution in [3.05, 3.63) is 96.1 Å². The average molecular weight is 515 g/mol. The van der Waals surface area contributed by atoms with Crippen LogP contribution in [0.1, 0.15) is 11.1 Å². The summed E-state index contributed by atoms with van der Waals surface area (Å²) in [6.45, 7) is 1.35. The molecule has 0 heterocycles. The molecule has 0 saturated heterocycles. The standard InChI is InChI=1S/C31H34N2O5/c1-34-28-15-10-22(18-31(28)37-4)16-17-32-21-27-29(35-2)19-26(20-30(27)36-3)38-25-13-11-24(12-14-25)33-23-8-6-5-7-9-23/h5-15,18-20,32-33H,16-17,21H2,1-4H3. The number of benzene rings is 4. The molecule has 0 unspecified atom stereocenters. The number of nitrogens with one attached hydrogen (secondary N) is 2. The van der Waals surface area contributed by atoms with Gasteiger partial charge in [-0.15, -0.1) is 0 Å². The third kappa shape index (κ3) is 6.89. The minimum atomic E-state index is 0.583. The molecular weight excluding hydrogens is 480 g/mol. The summed E-state index contributed by atoms with van der Waals surface area (Å²) in [6.07, 6.45) is 0.835. The lowest BCUT2D eigenvalue weighted by molar-refractivity contribution is 0.354. The van der Waals surface area contributed by atoms with Crippen molar-refractivity contribution in [2.24, 2.45) is 0 Å². The van der Waals surface area contributed by atoms with Gasteiger partial charge in [-0.05, 0) is 67.1 Å². The van der Waals surface area contributed by atoms with Crippen molar-refractivity contribution in [3.63, 3.8) is 0 Å². The highest BCUT2D eigenvalue weighted by molar-refractivity contribution is 5.60. The number of hydrogen-bond donors (Lipinski definition) is 2. The number of rotatable bonds is 13. The van der Waals surface area contributed by atoms with Crippen LogP contribution in [0.15, 0.2) is 84.9 Å². The van der Waals surface area contributed by atoms with Crippen LogP contribution in [-0.4, -0.2) is 35.0 Å². The zero-order valence-corrected chi connectivity index (χ0v) is 22.2. The van der Waals surface area contributed by atoms with Crippen LogP contribution in [0.5, 0.6) is 34.5 Å². The van der Waals surface area contributed by atoms with Gasteiger partial charge in [-0.2, -0.15) is 0 Å². The van der Waals surface area contributed by atoms with Crippen molar-refractivity contribution in [3.8, 4) is 34.5 Å². The van der Waals surface area contributed by atoms with Crippen molar-refractivity contribution in [2.75, 3.05) is 40.3 Å². The topological polar surface area (TPSA) is 70.2 Å². The lowest BCUT2D eigenvalue weighted by Crippen LogP contribution is -2.18. The molecule has 0 radical (unpaired) electrons. The molecular formula is C31H34N2O5. The summed E-state index contributed by atoms with van der Waals surface area (Å²) in [5.41, 5.74) is 4.09. The van der Waals surface area contributed by atoms with E-state index in [9.17, 15) is 0 Å². The van der Waals surface area contributed by atoms with Crippen LogP contribution in [0, 0.1) is 0 Å². The van der Waals surface area contributed by atoms with Crippen molar-refractivity contribution in [2.45, 2.75) is 13.0 Å². The quantitative estimate of drug-likeness (QED) is 0.195. The van der Waals surface area contributed by atoms with E-state index in [-0.39, 0.29) is 0 Å². The van der Waals surface area contributed by atoms with Crippen molar-refractivity contribution < 1.29 is 23.7 Å². The number of hydrogen-bond acceptors (Lipinski definition) is 7. The fourth-order valence-electron chi connectivity index (χ4n) is 4.11. The third-order valence-electron chi connectivity index (χ3n) is 6.07. The fourth-order valence-corrected chi connectivity index (χ4v) is 4.11. The lowest BCUT2D eigenvalue weighted by Gasteiger charge is -2.17. The summed E-state index contributed by atoms with van der Waals surface area (Å²) < 4.78 is 28.2. The van der Waals surface area contributed by atoms with Gasteiger partial charge < -0.3 is 34.3 Å².